The molecule has 1 unspecified atom stereocenters. The third kappa shape index (κ3) is 15.2. The lowest BCUT2D eigenvalue weighted by atomic mass is 9.12. The monoisotopic (exact) mass is 1190 g/mol. The van der Waals surface area contributed by atoms with Crippen LogP contribution >= 0.6 is 0 Å². The van der Waals surface area contributed by atoms with Gasteiger partial charge in [-0.25, -0.2) is 0 Å². The van der Waals surface area contributed by atoms with Crippen molar-refractivity contribution in [3.63, 3.8) is 0 Å². The second-order valence-electron chi connectivity index (χ2n) is 17.2. The summed E-state index contributed by atoms with van der Waals surface area (Å²) in [5, 5.41) is 13.2. The first-order valence-corrected chi connectivity index (χ1v) is 23.5. The van der Waals surface area contributed by atoms with Crippen LogP contribution < -0.4 is 21.9 Å². The molecule has 31 heteroatoms. The number of alkyl halides is 24. The van der Waals surface area contributed by atoms with Crippen molar-refractivity contribution in [3.05, 3.63) is 193 Å². The SMILES string of the molecule is C[S+](=O)(C#Cc1ccccc1)CC(=O)c1ccc([N+](=O)[O-])cc1.FC(F)(F)c1cc([B-](c2cc(C(F)(F)F)cc(C(F)(F)F)c2)(c2cc(C(F)(F)F)cc(C(F)(F)F)c2)c2cc(C(F)(F)F)cc(C(F)(F)F)c2)cc(C(F)(F)F)c1. The molecule has 0 aromatic heterocycles. The molecule has 0 spiro atoms. The van der Waals surface area contributed by atoms with Gasteiger partial charge < -0.3 is 0 Å². The van der Waals surface area contributed by atoms with Crippen LogP contribution in [0.4, 0.5) is 111 Å². The van der Waals surface area contributed by atoms with Crippen molar-refractivity contribution >= 4 is 49.4 Å². The Morgan fingerprint density at radius 2 is 0.688 bits per heavy atom. The highest BCUT2D eigenvalue weighted by Gasteiger charge is 2.47. The Kier molecular flexibility index (Phi) is 17.3. The summed E-state index contributed by atoms with van der Waals surface area (Å²) in [6, 6.07) is 5.50. The number of rotatable bonds is 8. The van der Waals surface area contributed by atoms with Crippen LogP contribution in [0, 0.1) is 21.3 Å². The molecule has 0 aliphatic rings. The van der Waals surface area contributed by atoms with E-state index in [-0.39, 0.29) is 22.8 Å². The molecule has 0 aliphatic heterocycles. The summed E-state index contributed by atoms with van der Waals surface area (Å²) in [7, 11) is -2.65. The minimum Gasteiger partial charge on any atom is -0.289 e. The number of nitrogens with zero attached hydrogens (tertiary/aromatic N) is 1. The molecule has 6 aromatic rings. The topological polar surface area (TPSA) is 77.3 Å². The second kappa shape index (κ2) is 21.9. The van der Waals surface area contributed by atoms with E-state index in [2.05, 4.69) is 11.2 Å². The molecule has 0 amide bonds. The summed E-state index contributed by atoms with van der Waals surface area (Å²) >= 11 is 0. The molecule has 0 heterocycles. The summed E-state index contributed by atoms with van der Waals surface area (Å²) < 4.78 is 353. The van der Waals surface area contributed by atoms with Gasteiger partial charge >= 0.3 is 49.4 Å². The molecule has 80 heavy (non-hydrogen) atoms. The highest BCUT2D eigenvalue weighted by atomic mass is 32.2. The van der Waals surface area contributed by atoms with E-state index >= 15 is 0 Å². The van der Waals surface area contributed by atoms with Crippen LogP contribution in [0.15, 0.2) is 127 Å². The molecule has 0 aliphatic carbocycles. The van der Waals surface area contributed by atoms with E-state index in [4.69, 9.17) is 0 Å². The van der Waals surface area contributed by atoms with Crippen molar-refractivity contribution in [1.29, 1.82) is 0 Å². The molecule has 0 saturated carbocycles. The van der Waals surface area contributed by atoms with Crippen molar-refractivity contribution in [2.24, 2.45) is 0 Å². The molecular formula is C49H26BF24NO4S. The lowest BCUT2D eigenvalue weighted by Gasteiger charge is -2.46. The van der Waals surface area contributed by atoms with Gasteiger partial charge in [0.05, 0.1) is 49.4 Å². The minimum atomic E-state index is -6.13. The number of carbonyl (C=O) groups is 1. The van der Waals surface area contributed by atoms with E-state index in [0.717, 1.165) is 5.56 Å². The number of hydrogen-bond acceptors (Lipinski definition) is 4. The van der Waals surface area contributed by atoms with Gasteiger partial charge in [0.1, 0.15) is 12.4 Å². The van der Waals surface area contributed by atoms with Gasteiger partial charge in [0.2, 0.25) is 5.78 Å². The largest absolute Gasteiger partial charge is 0.416 e. The summed E-state index contributed by atoms with van der Waals surface area (Å²) in [5.41, 5.74) is -29.3. The minimum absolute atomic E-state index is 0.0948. The van der Waals surface area contributed by atoms with E-state index in [1.54, 1.807) is 12.1 Å². The van der Waals surface area contributed by atoms with Crippen LogP contribution in [-0.2, 0) is 63.6 Å². The van der Waals surface area contributed by atoms with Crippen molar-refractivity contribution in [3.8, 4) is 11.2 Å². The lowest BCUT2D eigenvalue weighted by Crippen LogP contribution is -2.75. The molecule has 0 fully saturated rings. The molecule has 428 valence electrons. The number of hydrogen-bond donors (Lipinski definition) is 0. The number of nitro benzene ring substituents is 1. The molecule has 5 nitrogen and oxygen atoms in total. The van der Waals surface area contributed by atoms with Gasteiger partial charge in [-0.2, -0.15) is 127 Å². The standard InChI is InChI=1S/C32H12BF24.C17H14NO4S/c34-25(35,36)13-1-14(26(37,38)39)6-21(5-13)33(22-7-15(27(40,41)42)2-16(8-22)28(43,44)45,23-9-17(29(46,47)48)3-18(10-23)30(49,50)51)24-11-19(31(52,53)54)4-20(12-24)32(55,56)57;1-23(22,12-11-14-5-3-2-4-6-14)13-17(19)15-7-9-16(10-8-15)18(20)21/h1-12H;2-10H,13H2,1H3/q-1;+1. The smallest absolute Gasteiger partial charge is 0.289 e. The molecule has 6 aromatic carbocycles. The van der Waals surface area contributed by atoms with Gasteiger partial charge in [0.25, 0.3) is 5.69 Å². The number of ketones is 1. The first-order valence-electron chi connectivity index (χ1n) is 21.3. The van der Waals surface area contributed by atoms with Gasteiger partial charge in [-0.3, -0.25) is 14.9 Å². The Bertz CT molecular complexity index is 2960. The fraction of sp³-hybridized carbons (Fsp3) is 0.204. The molecule has 0 saturated heterocycles. The van der Waals surface area contributed by atoms with Gasteiger partial charge in [-0.15, -0.1) is 0 Å². The summed E-state index contributed by atoms with van der Waals surface area (Å²) in [6.45, 7) is 0. The average molecular weight is 1190 g/mol. The number of halogens is 24. The molecule has 6 rings (SSSR count). The quantitative estimate of drug-likeness (QED) is 0.0289. The first kappa shape index (κ1) is 63.3. The van der Waals surface area contributed by atoms with Gasteiger partial charge in [0, 0.05) is 23.3 Å². The van der Waals surface area contributed by atoms with Crippen LogP contribution in [-0.4, -0.2) is 28.9 Å². The van der Waals surface area contributed by atoms with Crippen molar-refractivity contribution in [1.82, 2.24) is 0 Å². The number of benzene rings is 6. The Labute approximate surface area is 433 Å². The maximum Gasteiger partial charge on any atom is 0.416 e. The Balaban J connectivity index is 0.000000424. The summed E-state index contributed by atoms with van der Waals surface area (Å²) in [4.78, 5) is 22.2. The Hall–Kier alpha value is -7.52. The highest BCUT2D eigenvalue weighted by molar-refractivity contribution is 8.07. The number of carbonyl (C=O) groups excluding carboxylic acids is 1. The number of nitro groups is 1. The zero-order chi connectivity index (χ0) is 60.8. The zero-order valence-electron chi connectivity index (χ0n) is 39.0. The van der Waals surface area contributed by atoms with Crippen molar-refractivity contribution < 1.29 is 119 Å². The van der Waals surface area contributed by atoms with Crippen LogP contribution in [0.25, 0.3) is 0 Å². The summed E-state index contributed by atoms with van der Waals surface area (Å²) in [6.07, 6.45) is -53.4. The molecular weight excluding hydrogens is 1170 g/mol. The van der Waals surface area contributed by atoms with Gasteiger partial charge in [-0.1, -0.05) is 70.9 Å². The zero-order valence-corrected chi connectivity index (χ0v) is 39.8. The predicted octanol–water partition coefficient (Wildman–Crippen LogP) is 14.1. The molecule has 1 atom stereocenters. The Morgan fingerprint density at radius 3 is 0.912 bits per heavy atom. The van der Waals surface area contributed by atoms with Crippen LogP contribution in [0.2, 0.25) is 0 Å². The normalized spacial score (nSPS) is 13.8. The average Bonchev–Trinajstić information content (AvgIpc) is 3.31. The summed E-state index contributed by atoms with van der Waals surface area (Å²) in [5.74, 6) is 2.23. The van der Waals surface area contributed by atoms with Crippen molar-refractivity contribution in [2.45, 2.75) is 49.4 Å². The van der Waals surface area contributed by atoms with Gasteiger partial charge in [-0.05, 0) is 54.5 Å². The fourth-order valence-corrected chi connectivity index (χ4v) is 8.97. The fourth-order valence-electron chi connectivity index (χ4n) is 7.90. The van der Waals surface area contributed by atoms with E-state index in [1.807, 2.05) is 18.2 Å². The predicted molar refractivity (Wildman–Crippen MR) is 240 cm³/mol. The lowest BCUT2D eigenvalue weighted by molar-refractivity contribution is -0.384. The van der Waals surface area contributed by atoms with E-state index in [9.17, 15) is 124 Å². The van der Waals surface area contributed by atoms with E-state index < -0.39 is 210 Å². The maximum absolute atomic E-state index is 14.2. The number of non-ortho nitro benzene ring substituents is 1. The maximum atomic E-state index is 14.2. The molecule has 0 N–H and O–H groups in total. The van der Waals surface area contributed by atoms with Crippen LogP contribution in [0.3, 0.4) is 0 Å². The van der Waals surface area contributed by atoms with Crippen LogP contribution in [0.1, 0.15) is 60.4 Å². The number of Topliss-reactive ketones (excluding diaryl/α,β-unsaturated/α-hetero) is 1. The second-order valence-corrected chi connectivity index (χ2v) is 19.7. The van der Waals surface area contributed by atoms with Crippen LogP contribution in [0.5, 0.6) is 0 Å². The van der Waals surface area contributed by atoms with Crippen molar-refractivity contribution in [2.75, 3.05) is 12.0 Å². The molecule has 0 radical (unpaired) electrons. The first-order chi connectivity index (χ1) is 36.1. The third-order valence-electron chi connectivity index (χ3n) is 11.4. The highest BCUT2D eigenvalue weighted by Crippen LogP contribution is 2.41. The Morgan fingerprint density at radius 1 is 0.438 bits per heavy atom. The van der Waals surface area contributed by atoms with Gasteiger partial charge in [0.15, 0.2) is 20.9 Å². The molecule has 0 bridgehead atoms. The third-order valence-corrected chi connectivity index (χ3v) is 12.8. The van der Waals surface area contributed by atoms with E-state index in [0.29, 0.717) is 0 Å². The van der Waals surface area contributed by atoms with E-state index in [1.165, 1.54) is 30.5 Å².